The average molecular weight is 341 g/mol. The Morgan fingerprint density at radius 1 is 1.50 bits per heavy atom. The van der Waals surface area contributed by atoms with E-state index >= 15 is 0 Å². The van der Waals surface area contributed by atoms with Crippen molar-refractivity contribution < 1.29 is 9.90 Å². The molecule has 1 amide bonds. The fourth-order valence-corrected chi connectivity index (χ4v) is 3.27. The summed E-state index contributed by atoms with van der Waals surface area (Å²) in [6, 6.07) is 7.51. The lowest BCUT2D eigenvalue weighted by molar-refractivity contribution is -0.124. The van der Waals surface area contributed by atoms with Gasteiger partial charge in [0.15, 0.2) is 0 Å². The first kappa shape index (κ1) is 15.5. The second-order valence-electron chi connectivity index (χ2n) is 5.48. The SMILES string of the molecule is CC(O)CC1CCCN1C(C(N)=O)c1ccc(Br)cc1. The van der Waals surface area contributed by atoms with Crippen molar-refractivity contribution in [1.29, 1.82) is 0 Å². The summed E-state index contributed by atoms with van der Waals surface area (Å²) in [6.45, 7) is 2.64. The van der Waals surface area contributed by atoms with E-state index in [1.165, 1.54) is 0 Å². The lowest BCUT2D eigenvalue weighted by Gasteiger charge is -2.32. The maximum absolute atomic E-state index is 11.9. The molecule has 0 aromatic heterocycles. The van der Waals surface area contributed by atoms with Crippen LogP contribution in [0, 0.1) is 0 Å². The van der Waals surface area contributed by atoms with Crippen LogP contribution in [0.1, 0.15) is 37.8 Å². The van der Waals surface area contributed by atoms with Crippen LogP contribution >= 0.6 is 15.9 Å². The molecule has 1 heterocycles. The Kier molecular flexibility index (Phi) is 5.18. The highest BCUT2D eigenvalue weighted by Crippen LogP contribution is 2.32. The highest BCUT2D eigenvalue weighted by atomic mass is 79.9. The van der Waals surface area contributed by atoms with Gasteiger partial charge < -0.3 is 10.8 Å². The number of amides is 1. The number of nitrogens with zero attached hydrogens (tertiary/aromatic N) is 1. The molecule has 0 saturated carbocycles. The van der Waals surface area contributed by atoms with Gasteiger partial charge in [-0.1, -0.05) is 28.1 Å². The number of carbonyl (C=O) groups excluding carboxylic acids is 1. The lowest BCUT2D eigenvalue weighted by atomic mass is 10.0. The van der Waals surface area contributed by atoms with Gasteiger partial charge in [-0.2, -0.15) is 0 Å². The third kappa shape index (κ3) is 3.59. The van der Waals surface area contributed by atoms with Gasteiger partial charge in [-0.15, -0.1) is 0 Å². The number of rotatable bonds is 5. The quantitative estimate of drug-likeness (QED) is 0.863. The van der Waals surface area contributed by atoms with Gasteiger partial charge in [0.1, 0.15) is 6.04 Å². The number of hydrogen-bond donors (Lipinski definition) is 2. The van der Waals surface area contributed by atoms with E-state index in [-0.39, 0.29) is 18.1 Å². The van der Waals surface area contributed by atoms with E-state index in [1.807, 2.05) is 24.3 Å². The molecule has 3 N–H and O–H groups in total. The molecule has 0 aliphatic carbocycles. The number of aliphatic hydroxyl groups is 1. The highest BCUT2D eigenvalue weighted by Gasteiger charge is 2.35. The van der Waals surface area contributed by atoms with Gasteiger partial charge in [0.05, 0.1) is 6.10 Å². The molecule has 3 atom stereocenters. The first-order valence-electron chi connectivity index (χ1n) is 6.97. The second kappa shape index (κ2) is 6.70. The highest BCUT2D eigenvalue weighted by molar-refractivity contribution is 9.10. The molecule has 1 aromatic carbocycles. The fraction of sp³-hybridized carbons (Fsp3) is 0.533. The van der Waals surface area contributed by atoms with Gasteiger partial charge in [0.2, 0.25) is 5.91 Å². The third-order valence-corrected chi connectivity index (χ3v) is 4.35. The van der Waals surface area contributed by atoms with Crippen molar-refractivity contribution >= 4 is 21.8 Å². The molecule has 5 heteroatoms. The molecule has 1 saturated heterocycles. The van der Waals surface area contributed by atoms with Crippen molar-refractivity contribution in [3.8, 4) is 0 Å². The lowest BCUT2D eigenvalue weighted by Crippen LogP contribution is -2.41. The molecule has 1 aliphatic rings. The van der Waals surface area contributed by atoms with Crippen LogP contribution in [0.15, 0.2) is 28.7 Å². The van der Waals surface area contributed by atoms with Crippen LogP contribution in [-0.4, -0.2) is 34.6 Å². The summed E-state index contributed by atoms with van der Waals surface area (Å²) in [5, 5.41) is 9.61. The monoisotopic (exact) mass is 340 g/mol. The number of carbonyl (C=O) groups is 1. The summed E-state index contributed by atoms with van der Waals surface area (Å²) in [6.07, 6.45) is 2.36. The molecule has 0 spiro atoms. The van der Waals surface area contributed by atoms with Crippen LogP contribution in [0.5, 0.6) is 0 Å². The molecule has 2 rings (SSSR count). The number of likely N-dealkylation sites (tertiary alicyclic amines) is 1. The molecule has 0 bridgehead atoms. The largest absolute Gasteiger partial charge is 0.393 e. The number of nitrogens with two attached hydrogens (primary N) is 1. The standard InChI is InChI=1S/C15H21BrN2O2/c1-10(19)9-13-3-2-8-18(13)14(15(17)20)11-4-6-12(16)7-5-11/h4-7,10,13-14,19H,2-3,8-9H2,1H3,(H2,17,20). The predicted molar refractivity (Wildman–Crippen MR) is 82.1 cm³/mol. The van der Waals surface area contributed by atoms with Crippen LogP contribution in [-0.2, 0) is 4.79 Å². The summed E-state index contributed by atoms with van der Waals surface area (Å²) >= 11 is 3.40. The maximum Gasteiger partial charge on any atom is 0.239 e. The van der Waals surface area contributed by atoms with E-state index in [1.54, 1.807) is 6.92 Å². The first-order chi connectivity index (χ1) is 9.49. The minimum absolute atomic E-state index is 0.219. The molecule has 1 aromatic rings. The van der Waals surface area contributed by atoms with Gasteiger partial charge in [0.25, 0.3) is 0 Å². The van der Waals surface area contributed by atoms with E-state index < -0.39 is 6.04 Å². The Bertz CT molecular complexity index is 461. The number of halogens is 1. The van der Waals surface area contributed by atoms with Crippen molar-refractivity contribution in [2.45, 2.75) is 44.4 Å². The molecule has 1 aliphatic heterocycles. The molecule has 4 nitrogen and oxygen atoms in total. The Morgan fingerprint density at radius 3 is 2.70 bits per heavy atom. The van der Waals surface area contributed by atoms with Crippen molar-refractivity contribution in [3.05, 3.63) is 34.3 Å². The van der Waals surface area contributed by atoms with Crippen LogP contribution in [0.2, 0.25) is 0 Å². The van der Waals surface area contributed by atoms with Crippen molar-refractivity contribution in [2.75, 3.05) is 6.54 Å². The zero-order chi connectivity index (χ0) is 14.7. The Balaban J connectivity index is 2.24. The Morgan fingerprint density at radius 2 is 2.15 bits per heavy atom. The zero-order valence-electron chi connectivity index (χ0n) is 11.6. The van der Waals surface area contributed by atoms with Crippen LogP contribution < -0.4 is 5.73 Å². The number of primary amides is 1. The topological polar surface area (TPSA) is 66.6 Å². The minimum atomic E-state index is -0.408. The van der Waals surface area contributed by atoms with E-state index in [2.05, 4.69) is 20.8 Å². The van der Waals surface area contributed by atoms with E-state index in [9.17, 15) is 9.90 Å². The Hall–Kier alpha value is -0.910. The zero-order valence-corrected chi connectivity index (χ0v) is 13.2. The summed E-state index contributed by atoms with van der Waals surface area (Å²) < 4.78 is 0.978. The minimum Gasteiger partial charge on any atom is -0.393 e. The van der Waals surface area contributed by atoms with Gasteiger partial charge in [-0.05, 0) is 50.4 Å². The molecule has 3 unspecified atom stereocenters. The number of hydrogen-bond acceptors (Lipinski definition) is 3. The van der Waals surface area contributed by atoms with E-state index in [4.69, 9.17) is 5.73 Å². The smallest absolute Gasteiger partial charge is 0.239 e. The van der Waals surface area contributed by atoms with E-state index in [0.717, 1.165) is 29.4 Å². The third-order valence-electron chi connectivity index (χ3n) is 3.82. The van der Waals surface area contributed by atoms with Crippen molar-refractivity contribution in [2.24, 2.45) is 5.73 Å². The van der Waals surface area contributed by atoms with Crippen molar-refractivity contribution in [3.63, 3.8) is 0 Å². The molecule has 0 radical (unpaired) electrons. The number of aliphatic hydroxyl groups excluding tert-OH is 1. The van der Waals surface area contributed by atoms with Crippen LogP contribution in [0.4, 0.5) is 0 Å². The summed E-state index contributed by atoms with van der Waals surface area (Å²) in [5.74, 6) is -0.329. The molecular formula is C15H21BrN2O2. The molecule has 20 heavy (non-hydrogen) atoms. The molecule has 1 fully saturated rings. The van der Waals surface area contributed by atoms with Crippen LogP contribution in [0.25, 0.3) is 0 Å². The summed E-state index contributed by atoms with van der Waals surface area (Å²) in [5.41, 5.74) is 6.54. The molecule has 110 valence electrons. The van der Waals surface area contributed by atoms with Gasteiger partial charge in [-0.3, -0.25) is 9.69 Å². The summed E-state index contributed by atoms with van der Waals surface area (Å²) in [4.78, 5) is 14.0. The maximum atomic E-state index is 11.9. The van der Waals surface area contributed by atoms with Gasteiger partial charge >= 0.3 is 0 Å². The first-order valence-corrected chi connectivity index (χ1v) is 7.77. The van der Waals surface area contributed by atoms with E-state index in [0.29, 0.717) is 6.42 Å². The van der Waals surface area contributed by atoms with Gasteiger partial charge in [-0.25, -0.2) is 0 Å². The summed E-state index contributed by atoms with van der Waals surface area (Å²) in [7, 11) is 0. The van der Waals surface area contributed by atoms with Crippen molar-refractivity contribution in [1.82, 2.24) is 4.90 Å². The average Bonchev–Trinajstić information content (AvgIpc) is 2.79. The molecular weight excluding hydrogens is 320 g/mol. The number of benzene rings is 1. The van der Waals surface area contributed by atoms with Gasteiger partial charge in [0, 0.05) is 10.5 Å². The fourth-order valence-electron chi connectivity index (χ4n) is 3.01. The Labute approximate surface area is 128 Å². The second-order valence-corrected chi connectivity index (χ2v) is 6.39. The predicted octanol–water partition coefficient (Wildman–Crippen LogP) is 2.21. The normalized spacial score (nSPS) is 22.6. The van der Waals surface area contributed by atoms with Crippen LogP contribution in [0.3, 0.4) is 0 Å².